The van der Waals surface area contributed by atoms with Gasteiger partial charge in [-0.15, -0.1) is 0 Å². The molecule has 0 unspecified atom stereocenters. The Morgan fingerprint density at radius 3 is 2.35 bits per heavy atom. The average molecular weight is 352 g/mol. The van der Waals surface area contributed by atoms with E-state index >= 15 is 0 Å². The summed E-state index contributed by atoms with van der Waals surface area (Å²) in [5.41, 5.74) is 3.26. The highest BCUT2D eigenvalue weighted by molar-refractivity contribution is 5.92. The number of rotatable bonds is 9. The minimum absolute atomic E-state index is 0.122. The smallest absolute Gasteiger partial charge is 0.244 e. The van der Waals surface area contributed by atoms with E-state index in [0.29, 0.717) is 6.54 Å². The molecule has 0 radical (unpaired) electrons. The Labute approximate surface area is 156 Å². The fraction of sp³-hybridized carbons (Fsp3) is 0.318. The molecule has 1 N–H and O–H groups in total. The third kappa shape index (κ3) is 6.05. The second-order valence-corrected chi connectivity index (χ2v) is 6.07. The summed E-state index contributed by atoms with van der Waals surface area (Å²) in [6, 6.07) is 16.0. The van der Waals surface area contributed by atoms with Gasteiger partial charge in [0.15, 0.2) is 0 Å². The van der Waals surface area contributed by atoms with E-state index in [-0.39, 0.29) is 5.91 Å². The van der Waals surface area contributed by atoms with E-state index in [1.807, 2.05) is 24.3 Å². The SMILES string of the molecule is CCN(CC)Cc1ccc(CNC(=O)/C=C/c2ccccc2OC)cc1. The van der Waals surface area contributed by atoms with Crippen LogP contribution in [-0.2, 0) is 17.9 Å². The summed E-state index contributed by atoms with van der Waals surface area (Å²) < 4.78 is 5.28. The predicted octanol–water partition coefficient (Wildman–Crippen LogP) is 3.87. The molecule has 138 valence electrons. The standard InChI is InChI=1S/C22H28N2O2/c1-4-24(5-2)17-19-12-10-18(11-13-19)16-23-22(25)15-14-20-8-6-7-9-21(20)26-3/h6-15H,4-5,16-17H2,1-3H3,(H,23,25)/b15-14+. The summed E-state index contributed by atoms with van der Waals surface area (Å²) in [5, 5.41) is 2.91. The lowest BCUT2D eigenvalue weighted by molar-refractivity contribution is -0.116. The van der Waals surface area contributed by atoms with E-state index in [1.165, 1.54) is 11.6 Å². The number of carbonyl (C=O) groups is 1. The van der Waals surface area contributed by atoms with Gasteiger partial charge >= 0.3 is 0 Å². The topological polar surface area (TPSA) is 41.6 Å². The number of para-hydroxylation sites is 1. The highest BCUT2D eigenvalue weighted by atomic mass is 16.5. The molecule has 0 aromatic heterocycles. The zero-order chi connectivity index (χ0) is 18.8. The van der Waals surface area contributed by atoms with Gasteiger partial charge in [0.25, 0.3) is 0 Å². The van der Waals surface area contributed by atoms with Crippen molar-refractivity contribution < 1.29 is 9.53 Å². The molecule has 0 fully saturated rings. The van der Waals surface area contributed by atoms with Gasteiger partial charge in [-0.25, -0.2) is 0 Å². The predicted molar refractivity (Wildman–Crippen MR) is 107 cm³/mol. The molecular formula is C22H28N2O2. The molecule has 0 saturated heterocycles. The summed E-state index contributed by atoms with van der Waals surface area (Å²) in [6.07, 6.45) is 3.30. The van der Waals surface area contributed by atoms with Crippen molar-refractivity contribution >= 4 is 12.0 Å². The minimum atomic E-state index is -0.122. The van der Waals surface area contributed by atoms with Gasteiger partial charge in [-0.3, -0.25) is 9.69 Å². The lowest BCUT2D eigenvalue weighted by Crippen LogP contribution is -2.22. The third-order valence-corrected chi connectivity index (χ3v) is 4.34. The Hall–Kier alpha value is -2.59. The molecule has 0 spiro atoms. The van der Waals surface area contributed by atoms with Crippen LogP contribution in [0.5, 0.6) is 5.75 Å². The number of amides is 1. The van der Waals surface area contributed by atoms with Crippen LogP contribution in [0.2, 0.25) is 0 Å². The van der Waals surface area contributed by atoms with E-state index in [0.717, 1.165) is 36.5 Å². The number of nitrogens with zero attached hydrogens (tertiary/aromatic N) is 1. The first-order chi connectivity index (χ1) is 12.7. The van der Waals surface area contributed by atoms with Crippen LogP contribution >= 0.6 is 0 Å². The second kappa shape index (κ2) is 10.4. The molecule has 4 nitrogen and oxygen atoms in total. The Bertz CT molecular complexity index is 719. The number of methoxy groups -OCH3 is 1. The number of carbonyl (C=O) groups excluding carboxylic acids is 1. The van der Waals surface area contributed by atoms with E-state index in [4.69, 9.17) is 4.74 Å². The van der Waals surface area contributed by atoms with Crippen LogP contribution in [0.25, 0.3) is 6.08 Å². The van der Waals surface area contributed by atoms with Gasteiger partial charge < -0.3 is 10.1 Å². The van der Waals surface area contributed by atoms with Crippen molar-refractivity contribution in [2.24, 2.45) is 0 Å². The summed E-state index contributed by atoms with van der Waals surface area (Å²) in [5.74, 6) is 0.628. The second-order valence-electron chi connectivity index (χ2n) is 6.07. The molecule has 0 aliphatic rings. The Morgan fingerprint density at radius 2 is 1.69 bits per heavy atom. The Balaban J connectivity index is 1.86. The fourth-order valence-electron chi connectivity index (χ4n) is 2.69. The van der Waals surface area contributed by atoms with Gasteiger partial charge in [-0.1, -0.05) is 56.3 Å². The summed E-state index contributed by atoms with van der Waals surface area (Å²) in [7, 11) is 1.62. The van der Waals surface area contributed by atoms with E-state index in [2.05, 4.69) is 48.3 Å². The number of ether oxygens (including phenoxy) is 1. The zero-order valence-electron chi connectivity index (χ0n) is 15.9. The Morgan fingerprint density at radius 1 is 1.04 bits per heavy atom. The third-order valence-electron chi connectivity index (χ3n) is 4.34. The molecule has 0 bridgehead atoms. The fourth-order valence-corrected chi connectivity index (χ4v) is 2.69. The molecule has 2 rings (SSSR count). The van der Waals surface area contributed by atoms with Gasteiger partial charge in [-0.05, 0) is 36.4 Å². The van der Waals surface area contributed by atoms with Gasteiger partial charge in [0, 0.05) is 24.7 Å². The quantitative estimate of drug-likeness (QED) is 0.697. The highest BCUT2D eigenvalue weighted by Crippen LogP contribution is 2.18. The molecule has 0 heterocycles. The molecule has 26 heavy (non-hydrogen) atoms. The molecule has 0 atom stereocenters. The van der Waals surface area contributed by atoms with Crippen molar-refractivity contribution in [1.29, 1.82) is 0 Å². The zero-order valence-corrected chi connectivity index (χ0v) is 15.9. The van der Waals surface area contributed by atoms with Crippen LogP contribution in [-0.4, -0.2) is 31.0 Å². The largest absolute Gasteiger partial charge is 0.496 e. The Kier molecular flexibility index (Phi) is 7.90. The van der Waals surface area contributed by atoms with Gasteiger partial charge in [-0.2, -0.15) is 0 Å². The first-order valence-electron chi connectivity index (χ1n) is 9.05. The van der Waals surface area contributed by atoms with Crippen LogP contribution in [0.15, 0.2) is 54.6 Å². The number of hydrogen-bond donors (Lipinski definition) is 1. The van der Waals surface area contributed by atoms with Crippen LogP contribution in [0.3, 0.4) is 0 Å². The van der Waals surface area contributed by atoms with E-state index in [1.54, 1.807) is 13.2 Å². The van der Waals surface area contributed by atoms with Crippen molar-refractivity contribution in [2.45, 2.75) is 26.9 Å². The van der Waals surface area contributed by atoms with Crippen molar-refractivity contribution in [3.05, 3.63) is 71.3 Å². The molecule has 0 aliphatic carbocycles. The van der Waals surface area contributed by atoms with Gasteiger partial charge in [0.05, 0.1) is 7.11 Å². The molecule has 2 aromatic rings. The van der Waals surface area contributed by atoms with Crippen molar-refractivity contribution in [1.82, 2.24) is 10.2 Å². The van der Waals surface area contributed by atoms with Crippen LogP contribution in [0, 0.1) is 0 Å². The van der Waals surface area contributed by atoms with Crippen molar-refractivity contribution in [2.75, 3.05) is 20.2 Å². The molecule has 2 aromatic carbocycles. The molecule has 0 aliphatic heterocycles. The molecule has 1 amide bonds. The van der Waals surface area contributed by atoms with Gasteiger partial charge in [0.1, 0.15) is 5.75 Å². The maximum absolute atomic E-state index is 12.0. The van der Waals surface area contributed by atoms with Crippen LogP contribution in [0.1, 0.15) is 30.5 Å². The average Bonchev–Trinajstić information content (AvgIpc) is 2.69. The molecule has 0 saturated carbocycles. The lowest BCUT2D eigenvalue weighted by Gasteiger charge is -2.18. The van der Waals surface area contributed by atoms with Gasteiger partial charge in [0.2, 0.25) is 5.91 Å². The van der Waals surface area contributed by atoms with Crippen LogP contribution in [0.4, 0.5) is 0 Å². The van der Waals surface area contributed by atoms with E-state index < -0.39 is 0 Å². The monoisotopic (exact) mass is 352 g/mol. The minimum Gasteiger partial charge on any atom is -0.496 e. The number of benzene rings is 2. The lowest BCUT2D eigenvalue weighted by atomic mass is 10.1. The highest BCUT2D eigenvalue weighted by Gasteiger charge is 2.03. The summed E-state index contributed by atoms with van der Waals surface area (Å²) in [4.78, 5) is 14.4. The van der Waals surface area contributed by atoms with Crippen molar-refractivity contribution in [3.8, 4) is 5.75 Å². The molecule has 4 heteroatoms. The van der Waals surface area contributed by atoms with E-state index in [9.17, 15) is 4.79 Å². The first kappa shape index (κ1) is 19.7. The number of nitrogens with one attached hydrogen (secondary N) is 1. The maximum atomic E-state index is 12.0. The summed E-state index contributed by atoms with van der Waals surface area (Å²) >= 11 is 0. The molecular weight excluding hydrogens is 324 g/mol. The normalized spacial score (nSPS) is 11.1. The number of hydrogen-bond acceptors (Lipinski definition) is 3. The summed E-state index contributed by atoms with van der Waals surface area (Å²) in [6.45, 7) is 7.92. The first-order valence-corrected chi connectivity index (χ1v) is 9.05. The van der Waals surface area contributed by atoms with Crippen LogP contribution < -0.4 is 10.1 Å². The van der Waals surface area contributed by atoms with Crippen molar-refractivity contribution in [3.63, 3.8) is 0 Å². The maximum Gasteiger partial charge on any atom is 0.244 e.